The van der Waals surface area contributed by atoms with Gasteiger partial charge in [-0.3, -0.25) is 9.78 Å². The van der Waals surface area contributed by atoms with E-state index >= 15 is 0 Å². The third-order valence-corrected chi connectivity index (χ3v) is 4.38. The second-order valence-corrected chi connectivity index (χ2v) is 6.49. The number of carboxylic acid groups (broad SMARTS) is 1. The van der Waals surface area contributed by atoms with Crippen molar-refractivity contribution < 1.29 is 14.7 Å². The first-order chi connectivity index (χ1) is 12.0. The molecule has 0 saturated heterocycles. The van der Waals surface area contributed by atoms with Gasteiger partial charge in [0.1, 0.15) is 6.04 Å². The van der Waals surface area contributed by atoms with Gasteiger partial charge in [0.15, 0.2) is 0 Å². The van der Waals surface area contributed by atoms with Gasteiger partial charge in [-0.05, 0) is 29.8 Å². The number of aliphatic carboxylic acids is 1. The summed E-state index contributed by atoms with van der Waals surface area (Å²) in [5.74, 6) is -1.50. The molecule has 0 radical (unpaired) electrons. The number of carbonyl (C=O) groups is 2. The van der Waals surface area contributed by atoms with Crippen molar-refractivity contribution in [2.45, 2.75) is 12.5 Å². The van der Waals surface area contributed by atoms with E-state index in [0.29, 0.717) is 16.5 Å². The van der Waals surface area contributed by atoms with Crippen LogP contribution in [0.3, 0.4) is 0 Å². The van der Waals surface area contributed by atoms with E-state index in [2.05, 4.69) is 26.2 Å². The molecule has 0 aliphatic rings. The fourth-order valence-electron chi connectivity index (χ4n) is 2.59. The molecule has 3 aromatic rings. The number of nitrogens with zero attached hydrogens (tertiary/aromatic N) is 1. The molecule has 5 nitrogen and oxygen atoms in total. The zero-order valence-electron chi connectivity index (χ0n) is 13.1. The summed E-state index contributed by atoms with van der Waals surface area (Å²) in [6.07, 6.45) is 1.75. The SMILES string of the molecule is O=C(N[C@@H](Cc1ccc(Br)cc1)C(=O)O)c1ccnc2ccccc12. The monoisotopic (exact) mass is 398 g/mol. The molecule has 126 valence electrons. The van der Waals surface area contributed by atoms with Gasteiger partial charge in [-0.15, -0.1) is 0 Å². The topological polar surface area (TPSA) is 79.3 Å². The average molecular weight is 399 g/mol. The molecule has 0 spiro atoms. The number of nitrogens with one attached hydrogen (secondary N) is 1. The molecule has 2 aromatic carbocycles. The van der Waals surface area contributed by atoms with E-state index in [9.17, 15) is 14.7 Å². The minimum atomic E-state index is -1.07. The number of amides is 1. The van der Waals surface area contributed by atoms with Crippen LogP contribution in [-0.2, 0) is 11.2 Å². The highest BCUT2D eigenvalue weighted by molar-refractivity contribution is 9.10. The predicted molar refractivity (Wildman–Crippen MR) is 98.5 cm³/mol. The molecule has 3 rings (SSSR count). The predicted octanol–water partition coefficient (Wildman–Crippen LogP) is 3.42. The first-order valence-electron chi connectivity index (χ1n) is 7.66. The van der Waals surface area contributed by atoms with Gasteiger partial charge in [0.2, 0.25) is 0 Å². The standard InChI is InChI=1S/C19H15BrN2O3/c20-13-7-5-12(6-8-13)11-17(19(24)25)22-18(23)15-9-10-21-16-4-2-1-3-14(15)16/h1-10,17H,11H2,(H,22,23)(H,24,25)/t17-/m0/s1. The number of para-hydroxylation sites is 1. The Morgan fingerprint density at radius 3 is 2.52 bits per heavy atom. The highest BCUT2D eigenvalue weighted by Gasteiger charge is 2.22. The van der Waals surface area contributed by atoms with E-state index in [0.717, 1.165) is 10.0 Å². The van der Waals surface area contributed by atoms with Gasteiger partial charge in [-0.25, -0.2) is 4.79 Å². The van der Waals surface area contributed by atoms with Crippen LogP contribution in [0.25, 0.3) is 10.9 Å². The number of benzene rings is 2. The summed E-state index contributed by atoms with van der Waals surface area (Å²) in [6, 6.07) is 15.2. The van der Waals surface area contributed by atoms with E-state index in [1.54, 1.807) is 18.3 Å². The Labute approximate surface area is 152 Å². The number of carboxylic acids is 1. The quantitative estimate of drug-likeness (QED) is 0.689. The van der Waals surface area contributed by atoms with Gasteiger partial charge in [0, 0.05) is 22.5 Å². The fraction of sp³-hybridized carbons (Fsp3) is 0.105. The summed E-state index contributed by atoms with van der Waals surface area (Å²) in [5, 5.41) is 12.8. The van der Waals surface area contributed by atoms with Gasteiger partial charge >= 0.3 is 5.97 Å². The molecular weight excluding hydrogens is 384 g/mol. The number of hydrogen-bond donors (Lipinski definition) is 2. The lowest BCUT2D eigenvalue weighted by Gasteiger charge is -2.15. The number of halogens is 1. The molecule has 0 fully saturated rings. The lowest BCUT2D eigenvalue weighted by molar-refractivity contribution is -0.139. The maximum absolute atomic E-state index is 12.6. The van der Waals surface area contributed by atoms with Crippen molar-refractivity contribution in [3.63, 3.8) is 0 Å². The van der Waals surface area contributed by atoms with E-state index in [4.69, 9.17) is 0 Å². The third-order valence-electron chi connectivity index (χ3n) is 3.85. The van der Waals surface area contributed by atoms with Crippen LogP contribution in [-0.4, -0.2) is 28.0 Å². The minimum absolute atomic E-state index is 0.206. The molecule has 0 unspecified atom stereocenters. The van der Waals surface area contributed by atoms with Gasteiger partial charge in [0.05, 0.1) is 11.1 Å². The molecule has 2 N–H and O–H groups in total. The van der Waals surface area contributed by atoms with Crippen LogP contribution in [0.5, 0.6) is 0 Å². The van der Waals surface area contributed by atoms with Crippen molar-refractivity contribution in [2.24, 2.45) is 0 Å². The Hall–Kier alpha value is -2.73. The first kappa shape index (κ1) is 17.1. The van der Waals surface area contributed by atoms with E-state index in [1.807, 2.05) is 42.5 Å². The number of rotatable bonds is 5. The normalized spacial score (nSPS) is 11.9. The molecule has 0 aliphatic carbocycles. The second kappa shape index (κ2) is 7.44. The summed E-state index contributed by atoms with van der Waals surface area (Å²) in [7, 11) is 0. The molecule has 0 aliphatic heterocycles. The Morgan fingerprint density at radius 1 is 1.08 bits per heavy atom. The van der Waals surface area contributed by atoms with Crippen molar-refractivity contribution in [1.82, 2.24) is 10.3 Å². The van der Waals surface area contributed by atoms with Gasteiger partial charge < -0.3 is 10.4 Å². The molecule has 25 heavy (non-hydrogen) atoms. The third kappa shape index (κ3) is 4.03. The number of aromatic nitrogens is 1. The van der Waals surface area contributed by atoms with Crippen LogP contribution >= 0.6 is 15.9 Å². The maximum atomic E-state index is 12.6. The second-order valence-electron chi connectivity index (χ2n) is 5.57. The van der Waals surface area contributed by atoms with E-state index in [-0.39, 0.29) is 6.42 Å². The van der Waals surface area contributed by atoms with Gasteiger partial charge in [-0.2, -0.15) is 0 Å². The highest BCUT2D eigenvalue weighted by Crippen LogP contribution is 2.17. The van der Waals surface area contributed by atoms with Crippen molar-refractivity contribution >= 4 is 38.7 Å². The Bertz CT molecular complexity index is 920. The number of pyridine rings is 1. The Kier molecular flexibility index (Phi) is 5.09. The molecule has 1 amide bonds. The minimum Gasteiger partial charge on any atom is -0.480 e. The largest absolute Gasteiger partial charge is 0.480 e. The van der Waals surface area contributed by atoms with Gasteiger partial charge in [-0.1, -0.05) is 46.3 Å². The van der Waals surface area contributed by atoms with Crippen LogP contribution in [0.2, 0.25) is 0 Å². The lowest BCUT2D eigenvalue weighted by atomic mass is 10.0. The summed E-state index contributed by atoms with van der Waals surface area (Å²) in [4.78, 5) is 28.4. The van der Waals surface area contributed by atoms with E-state index < -0.39 is 17.9 Å². The Morgan fingerprint density at radius 2 is 1.80 bits per heavy atom. The first-order valence-corrected chi connectivity index (χ1v) is 8.46. The van der Waals surface area contributed by atoms with Crippen molar-refractivity contribution in [1.29, 1.82) is 0 Å². The summed E-state index contributed by atoms with van der Waals surface area (Å²) >= 11 is 3.34. The maximum Gasteiger partial charge on any atom is 0.326 e. The molecule has 1 heterocycles. The molecule has 0 saturated carbocycles. The van der Waals surface area contributed by atoms with Crippen LogP contribution < -0.4 is 5.32 Å². The van der Waals surface area contributed by atoms with E-state index in [1.165, 1.54) is 0 Å². The Balaban J connectivity index is 1.83. The van der Waals surface area contributed by atoms with Crippen LogP contribution in [0.4, 0.5) is 0 Å². The van der Waals surface area contributed by atoms with Crippen LogP contribution in [0.15, 0.2) is 65.3 Å². The van der Waals surface area contributed by atoms with Crippen molar-refractivity contribution in [2.75, 3.05) is 0 Å². The van der Waals surface area contributed by atoms with Gasteiger partial charge in [0.25, 0.3) is 5.91 Å². The van der Waals surface area contributed by atoms with Crippen LogP contribution in [0, 0.1) is 0 Å². The summed E-state index contributed by atoms with van der Waals surface area (Å²) in [5.41, 5.74) is 1.93. The summed E-state index contributed by atoms with van der Waals surface area (Å²) < 4.78 is 0.912. The molecule has 6 heteroatoms. The number of fused-ring (bicyclic) bond motifs is 1. The summed E-state index contributed by atoms with van der Waals surface area (Å²) in [6.45, 7) is 0. The molecule has 1 atom stereocenters. The number of carbonyl (C=O) groups excluding carboxylic acids is 1. The van der Waals surface area contributed by atoms with Crippen molar-refractivity contribution in [3.8, 4) is 0 Å². The molecular formula is C19H15BrN2O3. The average Bonchev–Trinajstić information content (AvgIpc) is 2.62. The smallest absolute Gasteiger partial charge is 0.326 e. The zero-order valence-corrected chi connectivity index (χ0v) is 14.7. The lowest BCUT2D eigenvalue weighted by Crippen LogP contribution is -2.42. The zero-order chi connectivity index (χ0) is 17.8. The highest BCUT2D eigenvalue weighted by atomic mass is 79.9. The number of hydrogen-bond acceptors (Lipinski definition) is 3. The fourth-order valence-corrected chi connectivity index (χ4v) is 2.85. The molecule has 1 aromatic heterocycles. The molecule has 0 bridgehead atoms. The van der Waals surface area contributed by atoms with Crippen LogP contribution in [0.1, 0.15) is 15.9 Å². The van der Waals surface area contributed by atoms with Crippen molar-refractivity contribution in [3.05, 3.63) is 76.4 Å².